The summed E-state index contributed by atoms with van der Waals surface area (Å²) in [7, 11) is 0. The number of benzene rings is 2. The van der Waals surface area contributed by atoms with Crippen molar-refractivity contribution < 1.29 is 0 Å². The standard InChI is InChI=1S/C24H17N5O/c25-11-15-3-1-2-4-17(15)18-7-8-22-20(18)10-16(13-27-22)14-5-6-19-21(9-14)23(12-26)28-29-24(19)30/h1-7,9-10,13H,8,12,26H2,(H,29,30). The van der Waals surface area contributed by atoms with Crippen LogP contribution >= 0.6 is 0 Å². The Kier molecular flexibility index (Phi) is 4.24. The summed E-state index contributed by atoms with van der Waals surface area (Å²) in [5.74, 6) is 0. The summed E-state index contributed by atoms with van der Waals surface area (Å²) in [6.07, 6.45) is 4.70. The first-order chi connectivity index (χ1) is 14.7. The zero-order valence-electron chi connectivity index (χ0n) is 16.0. The molecule has 1 aliphatic rings. The van der Waals surface area contributed by atoms with Crippen molar-refractivity contribution in [1.82, 2.24) is 15.2 Å². The molecule has 2 aromatic carbocycles. The fraction of sp³-hybridized carbons (Fsp3) is 0.0833. The van der Waals surface area contributed by atoms with Crippen LogP contribution in [0.2, 0.25) is 0 Å². The minimum atomic E-state index is -0.237. The number of fused-ring (bicyclic) bond motifs is 2. The van der Waals surface area contributed by atoms with Gasteiger partial charge in [-0.2, -0.15) is 10.4 Å². The molecule has 2 aromatic heterocycles. The number of rotatable bonds is 3. The fourth-order valence-electron chi connectivity index (χ4n) is 3.98. The van der Waals surface area contributed by atoms with Gasteiger partial charge in [-0.3, -0.25) is 9.78 Å². The van der Waals surface area contributed by atoms with Crippen LogP contribution in [0.3, 0.4) is 0 Å². The highest BCUT2D eigenvalue weighted by molar-refractivity contribution is 5.90. The zero-order valence-corrected chi connectivity index (χ0v) is 16.0. The van der Waals surface area contributed by atoms with Crippen LogP contribution in [0.5, 0.6) is 0 Å². The number of aromatic amines is 1. The molecule has 0 unspecified atom stereocenters. The predicted molar refractivity (Wildman–Crippen MR) is 115 cm³/mol. The van der Waals surface area contributed by atoms with Crippen LogP contribution in [0.4, 0.5) is 0 Å². The molecule has 3 N–H and O–H groups in total. The van der Waals surface area contributed by atoms with E-state index in [1.54, 1.807) is 6.07 Å². The summed E-state index contributed by atoms with van der Waals surface area (Å²) in [5.41, 5.74) is 12.7. The smallest absolute Gasteiger partial charge is 0.272 e. The predicted octanol–water partition coefficient (Wildman–Crippen LogP) is 3.30. The highest BCUT2D eigenvalue weighted by Gasteiger charge is 2.20. The van der Waals surface area contributed by atoms with E-state index < -0.39 is 0 Å². The number of nitrogens with two attached hydrogens (primary N) is 1. The molecular formula is C24H17N5O. The van der Waals surface area contributed by atoms with E-state index in [4.69, 9.17) is 5.73 Å². The number of pyridine rings is 1. The molecule has 0 spiro atoms. The number of nitrogens with one attached hydrogen (secondary N) is 1. The molecule has 0 atom stereocenters. The van der Waals surface area contributed by atoms with Gasteiger partial charge in [0.2, 0.25) is 0 Å². The van der Waals surface area contributed by atoms with E-state index in [9.17, 15) is 10.1 Å². The lowest BCUT2D eigenvalue weighted by Crippen LogP contribution is -2.13. The number of hydrogen-bond acceptors (Lipinski definition) is 5. The molecule has 0 saturated heterocycles. The molecule has 6 nitrogen and oxygen atoms in total. The van der Waals surface area contributed by atoms with Crippen molar-refractivity contribution in [2.45, 2.75) is 13.0 Å². The first-order valence-corrected chi connectivity index (χ1v) is 9.60. The Morgan fingerprint density at radius 2 is 1.93 bits per heavy atom. The van der Waals surface area contributed by atoms with Crippen LogP contribution in [0.1, 0.15) is 28.1 Å². The Hall–Kier alpha value is -4.08. The second kappa shape index (κ2) is 7.07. The van der Waals surface area contributed by atoms with Crippen molar-refractivity contribution in [2.75, 3.05) is 0 Å². The van der Waals surface area contributed by atoms with Crippen molar-refractivity contribution in [2.24, 2.45) is 5.73 Å². The number of hydrogen-bond donors (Lipinski definition) is 2. The Bertz CT molecular complexity index is 1440. The van der Waals surface area contributed by atoms with Crippen LogP contribution in [-0.2, 0) is 13.0 Å². The molecule has 0 aliphatic heterocycles. The molecule has 0 radical (unpaired) electrons. The van der Waals surface area contributed by atoms with E-state index >= 15 is 0 Å². The number of nitrogens with zero attached hydrogens (tertiary/aromatic N) is 3. The van der Waals surface area contributed by atoms with E-state index in [1.807, 2.05) is 42.6 Å². The molecule has 1 aliphatic carbocycles. The van der Waals surface area contributed by atoms with E-state index in [2.05, 4.69) is 33.4 Å². The van der Waals surface area contributed by atoms with E-state index in [1.165, 1.54) is 0 Å². The Labute approximate surface area is 172 Å². The maximum atomic E-state index is 12.1. The van der Waals surface area contributed by atoms with Gasteiger partial charge >= 0.3 is 0 Å². The van der Waals surface area contributed by atoms with Crippen molar-refractivity contribution in [3.63, 3.8) is 0 Å². The van der Waals surface area contributed by atoms with Gasteiger partial charge in [0.05, 0.1) is 28.4 Å². The minimum absolute atomic E-state index is 0.233. The lowest BCUT2D eigenvalue weighted by atomic mass is 9.94. The molecule has 5 rings (SSSR count). The van der Waals surface area contributed by atoms with Crippen molar-refractivity contribution in [3.8, 4) is 17.2 Å². The van der Waals surface area contributed by atoms with Crippen LogP contribution in [0, 0.1) is 11.3 Å². The van der Waals surface area contributed by atoms with E-state index in [-0.39, 0.29) is 12.1 Å². The monoisotopic (exact) mass is 391 g/mol. The molecule has 4 aromatic rings. The minimum Gasteiger partial charge on any atom is -0.325 e. The van der Waals surface area contributed by atoms with Gasteiger partial charge in [0, 0.05) is 35.7 Å². The van der Waals surface area contributed by atoms with Gasteiger partial charge in [0.1, 0.15) is 0 Å². The molecule has 0 fully saturated rings. The third kappa shape index (κ3) is 2.81. The number of allylic oxidation sites excluding steroid dienone is 1. The van der Waals surface area contributed by atoms with Gasteiger partial charge in [0.25, 0.3) is 5.56 Å². The largest absolute Gasteiger partial charge is 0.325 e. The summed E-state index contributed by atoms with van der Waals surface area (Å²) >= 11 is 0. The van der Waals surface area contributed by atoms with Crippen LogP contribution in [0.15, 0.2) is 65.6 Å². The highest BCUT2D eigenvalue weighted by Crippen LogP contribution is 2.36. The van der Waals surface area contributed by atoms with Gasteiger partial charge in [-0.05, 0) is 41.0 Å². The van der Waals surface area contributed by atoms with E-state index in [0.29, 0.717) is 16.6 Å². The van der Waals surface area contributed by atoms with Crippen LogP contribution in [-0.4, -0.2) is 15.2 Å². The third-order valence-electron chi connectivity index (χ3n) is 5.49. The Morgan fingerprint density at radius 1 is 1.07 bits per heavy atom. The quantitative estimate of drug-likeness (QED) is 0.557. The van der Waals surface area contributed by atoms with Crippen LogP contribution in [0.25, 0.3) is 27.5 Å². The lowest BCUT2D eigenvalue weighted by molar-refractivity contribution is 0.900. The summed E-state index contributed by atoms with van der Waals surface area (Å²) in [4.78, 5) is 16.8. The highest BCUT2D eigenvalue weighted by atomic mass is 16.1. The van der Waals surface area contributed by atoms with Crippen molar-refractivity contribution in [3.05, 3.63) is 99.2 Å². The molecule has 2 heterocycles. The normalized spacial score (nSPS) is 12.5. The Morgan fingerprint density at radius 3 is 2.77 bits per heavy atom. The topological polar surface area (TPSA) is 108 Å². The first-order valence-electron chi connectivity index (χ1n) is 9.60. The molecule has 6 heteroatoms. The summed E-state index contributed by atoms with van der Waals surface area (Å²) in [6, 6.07) is 17.6. The maximum Gasteiger partial charge on any atom is 0.272 e. The third-order valence-corrected chi connectivity index (χ3v) is 5.49. The summed E-state index contributed by atoms with van der Waals surface area (Å²) in [5, 5.41) is 17.4. The first kappa shape index (κ1) is 18.0. The van der Waals surface area contributed by atoms with Gasteiger partial charge < -0.3 is 5.73 Å². The molecule has 144 valence electrons. The Balaban J connectivity index is 1.65. The average Bonchev–Trinajstić information content (AvgIpc) is 3.22. The van der Waals surface area contributed by atoms with Crippen molar-refractivity contribution in [1.29, 1.82) is 5.26 Å². The molecule has 0 bridgehead atoms. The maximum absolute atomic E-state index is 12.1. The fourth-order valence-corrected chi connectivity index (χ4v) is 3.98. The SMILES string of the molecule is N#Cc1ccccc1C1=CCc2ncc(-c3ccc4c(=O)[nH]nc(CN)c4c3)cc21. The van der Waals surface area contributed by atoms with Crippen molar-refractivity contribution >= 4 is 16.3 Å². The zero-order chi connectivity index (χ0) is 20.7. The molecule has 0 saturated carbocycles. The van der Waals surface area contributed by atoms with Gasteiger partial charge in [-0.15, -0.1) is 0 Å². The van der Waals surface area contributed by atoms with E-state index in [0.717, 1.165) is 45.3 Å². The summed E-state index contributed by atoms with van der Waals surface area (Å²) in [6.45, 7) is 0.233. The summed E-state index contributed by atoms with van der Waals surface area (Å²) < 4.78 is 0. The molecular weight excluding hydrogens is 374 g/mol. The molecule has 30 heavy (non-hydrogen) atoms. The number of aromatic nitrogens is 3. The average molecular weight is 391 g/mol. The number of nitriles is 1. The van der Waals surface area contributed by atoms with Gasteiger partial charge in [0.15, 0.2) is 0 Å². The second-order valence-electron chi connectivity index (χ2n) is 7.16. The van der Waals surface area contributed by atoms with Gasteiger partial charge in [-0.1, -0.05) is 30.3 Å². The lowest BCUT2D eigenvalue weighted by Gasteiger charge is -2.11. The van der Waals surface area contributed by atoms with Crippen LogP contribution < -0.4 is 11.3 Å². The number of H-pyrrole nitrogens is 1. The molecule has 0 amide bonds. The second-order valence-corrected chi connectivity index (χ2v) is 7.16. The van der Waals surface area contributed by atoms with Gasteiger partial charge in [-0.25, -0.2) is 5.10 Å².